The summed E-state index contributed by atoms with van der Waals surface area (Å²) in [5.41, 5.74) is 2.17. The number of carbonyl (C=O) groups is 1. The maximum absolute atomic E-state index is 11.1. The van der Waals surface area contributed by atoms with Crippen molar-refractivity contribution in [1.82, 2.24) is 9.97 Å². The quantitative estimate of drug-likeness (QED) is 0.788. The second-order valence-corrected chi connectivity index (χ2v) is 4.67. The van der Waals surface area contributed by atoms with E-state index in [0.717, 1.165) is 28.7 Å². The summed E-state index contributed by atoms with van der Waals surface area (Å²) < 4.78 is 5.82. The molecule has 0 aliphatic rings. The number of aryl methyl sites for hydroxylation is 1. The number of carbonyl (C=O) groups excluding carboxylic acids is 1. The molecule has 0 amide bonds. The van der Waals surface area contributed by atoms with E-state index in [1.807, 2.05) is 31.2 Å². The molecule has 3 aromatic rings. The lowest BCUT2D eigenvalue weighted by Gasteiger charge is -2.05. The zero-order valence-electron chi connectivity index (χ0n) is 11.4. The zero-order valence-corrected chi connectivity index (χ0v) is 11.4. The van der Waals surface area contributed by atoms with Crippen LogP contribution in [0.25, 0.3) is 22.1 Å². The van der Waals surface area contributed by atoms with Gasteiger partial charge in [0.15, 0.2) is 11.4 Å². The smallest absolute Gasteiger partial charge is 0.196 e. The van der Waals surface area contributed by atoms with Crippen molar-refractivity contribution in [3.63, 3.8) is 0 Å². The van der Waals surface area contributed by atoms with Gasteiger partial charge < -0.3 is 9.73 Å². The largest absolute Gasteiger partial charge is 0.450 e. The number of ketones is 1. The Bertz CT molecular complexity index is 792. The van der Waals surface area contributed by atoms with E-state index >= 15 is 0 Å². The first-order valence-electron chi connectivity index (χ1n) is 6.60. The molecule has 0 fully saturated rings. The molecule has 0 atom stereocenters. The monoisotopic (exact) mass is 269 g/mol. The maximum Gasteiger partial charge on any atom is 0.196 e. The molecule has 1 aromatic carbocycles. The number of furan rings is 1. The molecule has 0 aliphatic carbocycles. The molecular formula is C15H15N3O2. The molecule has 0 radical (unpaired) electrons. The first-order chi connectivity index (χ1) is 9.69. The molecule has 5 heteroatoms. The maximum atomic E-state index is 11.1. The molecule has 5 nitrogen and oxygen atoms in total. The minimum absolute atomic E-state index is 0.0471. The minimum atomic E-state index is 0.0471. The third-order valence-corrected chi connectivity index (χ3v) is 3.09. The van der Waals surface area contributed by atoms with Crippen LogP contribution in [0.15, 0.2) is 28.7 Å². The first-order valence-corrected chi connectivity index (χ1v) is 6.60. The van der Waals surface area contributed by atoms with E-state index in [4.69, 9.17) is 4.42 Å². The molecule has 0 bridgehead atoms. The summed E-state index contributed by atoms with van der Waals surface area (Å²) in [6, 6.07) is 7.75. The van der Waals surface area contributed by atoms with Crippen LogP contribution in [0.2, 0.25) is 0 Å². The fourth-order valence-corrected chi connectivity index (χ4v) is 2.12. The number of fused-ring (bicyclic) bond motifs is 3. The van der Waals surface area contributed by atoms with Crippen molar-refractivity contribution in [2.24, 2.45) is 0 Å². The highest BCUT2D eigenvalue weighted by Gasteiger charge is 2.15. The van der Waals surface area contributed by atoms with Crippen LogP contribution >= 0.6 is 0 Å². The number of benzene rings is 1. The number of hydrogen-bond donors (Lipinski definition) is 1. The standard InChI is InChI=1S/C15H15N3O2/c1-3-12-17-13-10-6-4-5-7-11(10)20-14(13)15(18-12)16-8-9(2)19/h4-7H,3,8H2,1-2H3,(H,16,17,18). The van der Waals surface area contributed by atoms with Gasteiger partial charge in [0.1, 0.15) is 22.7 Å². The molecule has 1 N–H and O–H groups in total. The zero-order chi connectivity index (χ0) is 14.1. The Morgan fingerprint density at radius 3 is 2.85 bits per heavy atom. The third-order valence-electron chi connectivity index (χ3n) is 3.09. The van der Waals surface area contributed by atoms with E-state index in [9.17, 15) is 4.79 Å². The molecule has 0 aliphatic heterocycles. The summed E-state index contributed by atoms with van der Waals surface area (Å²) in [6.45, 7) is 3.76. The van der Waals surface area contributed by atoms with E-state index in [2.05, 4.69) is 15.3 Å². The van der Waals surface area contributed by atoms with E-state index < -0.39 is 0 Å². The fourth-order valence-electron chi connectivity index (χ4n) is 2.12. The second kappa shape index (κ2) is 4.92. The van der Waals surface area contributed by atoms with E-state index in [-0.39, 0.29) is 12.3 Å². The van der Waals surface area contributed by atoms with Gasteiger partial charge in [0.2, 0.25) is 0 Å². The highest BCUT2D eigenvalue weighted by Crippen LogP contribution is 2.31. The summed E-state index contributed by atoms with van der Waals surface area (Å²) in [5, 5.41) is 3.99. The number of nitrogens with zero attached hydrogens (tertiary/aromatic N) is 2. The van der Waals surface area contributed by atoms with Crippen molar-refractivity contribution in [2.45, 2.75) is 20.3 Å². The third kappa shape index (κ3) is 2.11. The van der Waals surface area contributed by atoms with Crippen LogP contribution in [0, 0.1) is 0 Å². The molecular weight excluding hydrogens is 254 g/mol. The van der Waals surface area contributed by atoms with Gasteiger partial charge in [-0.3, -0.25) is 4.79 Å². The van der Waals surface area contributed by atoms with Gasteiger partial charge >= 0.3 is 0 Å². The highest BCUT2D eigenvalue weighted by molar-refractivity contribution is 6.05. The molecule has 3 rings (SSSR count). The van der Waals surface area contributed by atoms with Crippen molar-refractivity contribution in [3.05, 3.63) is 30.1 Å². The van der Waals surface area contributed by atoms with E-state index in [0.29, 0.717) is 11.4 Å². The van der Waals surface area contributed by atoms with E-state index in [1.54, 1.807) is 0 Å². The number of Topliss-reactive ketones (excluding diaryl/α,β-unsaturated/α-hetero) is 1. The van der Waals surface area contributed by atoms with Gasteiger partial charge in [-0.15, -0.1) is 0 Å². The number of para-hydroxylation sites is 1. The second-order valence-electron chi connectivity index (χ2n) is 4.67. The number of aromatic nitrogens is 2. The van der Waals surface area contributed by atoms with Crippen LogP contribution < -0.4 is 5.32 Å². The van der Waals surface area contributed by atoms with Crippen LogP contribution in [0.5, 0.6) is 0 Å². The Hall–Kier alpha value is -2.43. The molecule has 2 heterocycles. The topological polar surface area (TPSA) is 68.0 Å². The first kappa shape index (κ1) is 12.6. The van der Waals surface area contributed by atoms with Gasteiger partial charge in [-0.25, -0.2) is 9.97 Å². The summed E-state index contributed by atoms with van der Waals surface area (Å²) in [7, 11) is 0. The predicted molar refractivity (Wildman–Crippen MR) is 77.9 cm³/mol. The molecule has 102 valence electrons. The number of anilines is 1. The van der Waals surface area contributed by atoms with Gasteiger partial charge in [0.25, 0.3) is 0 Å². The number of nitrogens with one attached hydrogen (secondary N) is 1. The van der Waals surface area contributed by atoms with Crippen molar-refractivity contribution in [1.29, 1.82) is 0 Å². The summed E-state index contributed by atoms with van der Waals surface area (Å²) in [6.07, 6.45) is 0.726. The van der Waals surface area contributed by atoms with Crippen LogP contribution in [-0.2, 0) is 11.2 Å². The van der Waals surface area contributed by atoms with Crippen molar-refractivity contribution < 1.29 is 9.21 Å². The van der Waals surface area contributed by atoms with Gasteiger partial charge in [-0.05, 0) is 19.1 Å². The van der Waals surface area contributed by atoms with Gasteiger partial charge in [-0.2, -0.15) is 0 Å². The average Bonchev–Trinajstić information content (AvgIpc) is 2.83. The Morgan fingerprint density at radius 1 is 1.30 bits per heavy atom. The van der Waals surface area contributed by atoms with Crippen LogP contribution in [-0.4, -0.2) is 22.3 Å². The fraction of sp³-hybridized carbons (Fsp3) is 0.267. The number of rotatable bonds is 4. The Morgan fingerprint density at radius 2 is 2.10 bits per heavy atom. The van der Waals surface area contributed by atoms with Gasteiger partial charge in [-0.1, -0.05) is 19.1 Å². The molecule has 0 saturated carbocycles. The van der Waals surface area contributed by atoms with Crippen LogP contribution in [0.4, 0.5) is 5.82 Å². The molecule has 0 spiro atoms. The molecule has 2 aromatic heterocycles. The Balaban J connectivity index is 2.23. The van der Waals surface area contributed by atoms with Crippen molar-refractivity contribution in [3.8, 4) is 0 Å². The van der Waals surface area contributed by atoms with Crippen LogP contribution in [0.3, 0.4) is 0 Å². The summed E-state index contributed by atoms with van der Waals surface area (Å²) in [4.78, 5) is 20.1. The summed E-state index contributed by atoms with van der Waals surface area (Å²) >= 11 is 0. The lowest BCUT2D eigenvalue weighted by atomic mass is 10.2. The Labute approximate surface area is 116 Å². The highest BCUT2D eigenvalue weighted by atomic mass is 16.3. The molecule has 20 heavy (non-hydrogen) atoms. The predicted octanol–water partition coefficient (Wildman–Crippen LogP) is 2.94. The average molecular weight is 269 g/mol. The van der Waals surface area contributed by atoms with Gasteiger partial charge in [0.05, 0.1) is 6.54 Å². The van der Waals surface area contributed by atoms with Gasteiger partial charge in [0, 0.05) is 11.8 Å². The lowest BCUT2D eigenvalue weighted by Crippen LogP contribution is -2.12. The molecule has 0 saturated heterocycles. The minimum Gasteiger partial charge on any atom is -0.450 e. The van der Waals surface area contributed by atoms with Crippen LogP contribution in [0.1, 0.15) is 19.7 Å². The summed E-state index contributed by atoms with van der Waals surface area (Å²) in [5.74, 6) is 1.36. The SMILES string of the molecule is CCc1nc(NCC(C)=O)c2oc3ccccc3c2n1. The normalized spacial score (nSPS) is 11.1. The number of hydrogen-bond acceptors (Lipinski definition) is 5. The Kier molecular flexibility index (Phi) is 3.10. The lowest BCUT2D eigenvalue weighted by molar-refractivity contribution is -0.115. The van der Waals surface area contributed by atoms with Crippen molar-refractivity contribution >= 4 is 33.7 Å². The molecule has 0 unspecified atom stereocenters. The van der Waals surface area contributed by atoms with Crippen molar-refractivity contribution in [2.75, 3.05) is 11.9 Å². The van der Waals surface area contributed by atoms with E-state index in [1.165, 1.54) is 6.92 Å².